The Labute approximate surface area is 462 Å². The smallest absolute Gasteiger partial charge is 0.305 e. The first-order valence-electron chi connectivity index (χ1n) is 33.6. The number of hydrogen-bond acceptors (Lipinski definition) is 5. The van der Waals surface area contributed by atoms with Gasteiger partial charge in [0.05, 0.1) is 25.4 Å². The maximum Gasteiger partial charge on any atom is 0.305 e. The molecule has 0 aliphatic carbocycles. The maximum atomic E-state index is 12.5. The van der Waals surface area contributed by atoms with Crippen LogP contribution in [0.3, 0.4) is 0 Å². The van der Waals surface area contributed by atoms with Gasteiger partial charge in [0.2, 0.25) is 5.91 Å². The lowest BCUT2D eigenvalue weighted by atomic mass is 10.0. The van der Waals surface area contributed by atoms with E-state index in [0.717, 1.165) is 57.8 Å². The third kappa shape index (κ3) is 59.6. The van der Waals surface area contributed by atoms with Crippen molar-refractivity contribution in [1.82, 2.24) is 5.32 Å². The number of carbonyl (C=O) groups is 2. The molecule has 6 heteroatoms. The monoisotopic (exact) mass is 1040 g/mol. The van der Waals surface area contributed by atoms with Gasteiger partial charge in [0, 0.05) is 12.8 Å². The molecule has 2 unspecified atom stereocenters. The van der Waals surface area contributed by atoms with Crippen LogP contribution in [0.4, 0.5) is 0 Å². The second kappa shape index (κ2) is 63.9. The highest BCUT2D eigenvalue weighted by atomic mass is 16.5. The Balaban J connectivity index is 3.42. The van der Waals surface area contributed by atoms with Gasteiger partial charge in [-0.3, -0.25) is 9.59 Å². The number of unbranched alkanes of at least 4 members (excludes halogenated alkanes) is 48. The molecule has 0 spiro atoms. The Morgan fingerprint density at radius 2 is 0.676 bits per heavy atom. The molecule has 0 bridgehead atoms. The first-order valence-corrected chi connectivity index (χ1v) is 33.6. The summed E-state index contributed by atoms with van der Waals surface area (Å²) in [5.74, 6) is -0.0448. The second-order valence-corrected chi connectivity index (χ2v) is 23.2. The van der Waals surface area contributed by atoms with Crippen molar-refractivity contribution < 1.29 is 24.5 Å². The van der Waals surface area contributed by atoms with Gasteiger partial charge < -0.3 is 20.3 Å². The molecule has 0 aliphatic heterocycles. The number of aliphatic hydroxyl groups is 2. The zero-order chi connectivity index (χ0) is 53.6. The third-order valence-electron chi connectivity index (χ3n) is 15.8. The molecule has 6 nitrogen and oxygen atoms in total. The van der Waals surface area contributed by atoms with Crippen LogP contribution in [0.2, 0.25) is 0 Å². The van der Waals surface area contributed by atoms with Gasteiger partial charge in [-0.15, -0.1) is 0 Å². The predicted molar refractivity (Wildman–Crippen MR) is 324 cm³/mol. The lowest BCUT2D eigenvalue weighted by molar-refractivity contribution is -0.143. The molecule has 0 aromatic heterocycles. The molecule has 2 atom stereocenters. The molecule has 0 aromatic carbocycles. The highest BCUT2D eigenvalue weighted by Gasteiger charge is 2.20. The molecule has 3 N–H and O–H groups in total. The standard InChI is InChI=1S/C68H131NO5/c1-3-5-7-9-11-13-15-17-19-21-23-24-25-26-27-28-29-32-36-40-44-48-52-56-60-66(71)65(64-70)69-67(72)61-57-53-49-45-41-37-33-31-35-39-43-47-51-55-59-63-74-68(73)62-58-54-50-46-42-38-34-30-22-20-18-16-14-12-10-8-6-4-2/h14,16,20,22,65-66,70-71H,3-13,15,17-19,21,23-64H2,1-2H3,(H,69,72)/b16-14-,22-20-. The van der Waals surface area contributed by atoms with Gasteiger partial charge in [0.25, 0.3) is 0 Å². The summed E-state index contributed by atoms with van der Waals surface area (Å²) < 4.78 is 5.49. The normalized spacial score (nSPS) is 12.6. The Morgan fingerprint density at radius 1 is 0.378 bits per heavy atom. The molecule has 0 saturated heterocycles. The van der Waals surface area contributed by atoms with Crippen molar-refractivity contribution >= 4 is 11.9 Å². The topological polar surface area (TPSA) is 95.9 Å². The maximum absolute atomic E-state index is 12.5. The highest BCUT2D eigenvalue weighted by Crippen LogP contribution is 2.19. The van der Waals surface area contributed by atoms with E-state index in [4.69, 9.17) is 4.74 Å². The number of carbonyl (C=O) groups excluding carboxylic acids is 2. The van der Waals surface area contributed by atoms with Crippen LogP contribution < -0.4 is 5.32 Å². The van der Waals surface area contributed by atoms with Crippen molar-refractivity contribution in [3.63, 3.8) is 0 Å². The summed E-state index contributed by atoms with van der Waals surface area (Å²) in [6.07, 6.45) is 79.1. The van der Waals surface area contributed by atoms with E-state index in [1.54, 1.807) is 0 Å². The van der Waals surface area contributed by atoms with Crippen LogP contribution in [0.25, 0.3) is 0 Å². The van der Waals surface area contributed by atoms with Crippen molar-refractivity contribution in [2.45, 2.75) is 386 Å². The van der Waals surface area contributed by atoms with E-state index < -0.39 is 12.1 Å². The van der Waals surface area contributed by atoms with Crippen molar-refractivity contribution in [2.24, 2.45) is 0 Å². The fraction of sp³-hybridized carbons (Fsp3) is 0.912. The van der Waals surface area contributed by atoms with Crippen LogP contribution in [0, 0.1) is 0 Å². The summed E-state index contributed by atoms with van der Waals surface area (Å²) in [6, 6.07) is -0.550. The van der Waals surface area contributed by atoms with Gasteiger partial charge in [-0.05, 0) is 57.8 Å². The van der Waals surface area contributed by atoms with E-state index in [-0.39, 0.29) is 18.5 Å². The number of hydrogen-bond donors (Lipinski definition) is 3. The summed E-state index contributed by atoms with van der Waals surface area (Å²) in [7, 11) is 0. The van der Waals surface area contributed by atoms with E-state index in [1.165, 1.54) is 283 Å². The van der Waals surface area contributed by atoms with E-state index in [2.05, 4.69) is 43.5 Å². The number of rotatable bonds is 63. The molecular weight excluding hydrogens is 911 g/mol. The summed E-state index contributed by atoms with van der Waals surface area (Å²) in [5, 5.41) is 23.4. The largest absolute Gasteiger partial charge is 0.466 e. The zero-order valence-electron chi connectivity index (χ0n) is 50.1. The fourth-order valence-corrected chi connectivity index (χ4v) is 10.6. The molecule has 0 heterocycles. The molecule has 438 valence electrons. The van der Waals surface area contributed by atoms with Crippen LogP contribution in [0.15, 0.2) is 24.3 Å². The predicted octanol–water partition coefficient (Wildman–Crippen LogP) is 21.4. The molecule has 0 rings (SSSR count). The molecule has 1 amide bonds. The SMILES string of the molecule is CCCCCC/C=C\C/C=C\CCCCCCCCCC(=O)OCCCCCCCCCCCCCCCCCC(=O)NC(CO)C(O)CCCCCCCCCCCCCCCCCCCCCCCCCC. The number of nitrogens with one attached hydrogen (secondary N) is 1. The number of aliphatic hydroxyl groups excluding tert-OH is 2. The summed E-state index contributed by atoms with van der Waals surface area (Å²) in [4.78, 5) is 24.6. The third-order valence-corrected chi connectivity index (χ3v) is 15.8. The highest BCUT2D eigenvalue weighted by molar-refractivity contribution is 5.76. The van der Waals surface area contributed by atoms with Gasteiger partial charge >= 0.3 is 5.97 Å². The van der Waals surface area contributed by atoms with Gasteiger partial charge in [-0.1, -0.05) is 327 Å². The number of allylic oxidation sites excluding steroid dienone is 4. The van der Waals surface area contributed by atoms with Gasteiger partial charge in [-0.2, -0.15) is 0 Å². The Bertz CT molecular complexity index is 1150. The molecular formula is C68H131NO5. The van der Waals surface area contributed by atoms with E-state index in [0.29, 0.717) is 25.9 Å². The van der Waals surface area contributed by atoms with Crippen LogP contribution in [-0.4, -0.2) is 47.4 Å². The van der Waals surface area contributed by atoms with Gasteiger partial charge in [0.1, 0.15) is 0 Å². The first kappa shape index (κ1) is 72.3. The quantitative estimate of drug-likeness (QED) is 0.0320. The first-order chi connectivity index (χ1) is 36.5. The molecule has 0 radical (unpaired) electrons. The Morgan fingerprint density at radius 3 is 1.04 bits per heavy atom. The van der Waals surface area contributed by atoms with E-state index in [9.17, 15) is 19.8 Å². The average molecular weight is 1040 g/mol. The average Bonchev–Trinajstić information content (AvgIpc) is 3.40. The summed E-state index contributed by atoms with van der Waals surface area (Å²) >= 11 is 0. The molecule has 0 aromatic rings. The van der Waals surface area contributed by atoms with Crippen molar-refractivity contribution in [3.05, 3.63) is 24.3 Å². The van der Waals surface area contributed by atoms with Gasteiger partial charge in [0.15, 0.2) is 0 Å². The second-order valence-electron chi connectivity index (χ2n) is 23.2. The molecule has 0 fully saturated rings. The summed E-state index contributed by atoms with van der Waals surface area (Å²) in [5.41, 5.74) is 0. The van der Waals surface area contributed by atoms with Crippen LogP contribution >= 0.6 is 0 Å². The van der Waals surface area contributed by atoms with E-state index in [1.807, 2.05) is 0 Å². The van der Waals surface area contributed by atoms with Gasteiger partial charge in [-0.25, -0.2) is 0 Å². The van der Waals surface area contributed by atoms with Crippen LogP contribution in [-0.2, 0) is 14.3 Å². The molecule has 0 saturated carbocycles. The lowest BCUT2D eigenvalue weighted by Gasteiger charge is -2.22. The Kier molecular flexibility index (Phi) is 62.4. The lowest BCUT2D eigenvalue weighted by Crippen LogP contribution is -2.45. The fourth-order valence-electron chi connectivity index (χ4n) is 10.6. The number of ether oxygens (including phenoxy) is 1. The van der Waals surface area contributed by atoms with Crippen molar-refractivity contribution in [1.29, 1.82) is 0 Å². The summed E-state index contributed by atoms with van der Waals surface area (Å²) in [6.45, 7) is 4.95. The van der Waals surface area contributed by atoms with Crippen LogP contribution in [0.5, 0.6) is 0 Å². The Hall–Kier alpha value is -1.66. The minimum absolute atomic E-state index is 0.00538. The number of amides is 1. The minimum Gasteiger partial charge on any atom is -0.466 e. The molecule has 74 heavy (non-hydrogen) atoms. The minimum atomic E-state index is -0.672. The molecule has 0 aliphatic rings. The van der Waals surface area contributed by atoms with Crippen molar-refractivity contribution in [3.8, 4) is 0 Å². The van der Waals surface area contributed by atoms with E-state index >= 15 is 0 Å². The van der Waals surface area contributed by atoms with Crippen LogP contribution in [0.1, 0.15) is 373 Å². The number of esters is 1. The zero-order valence-corrected chi connectivity index (χ0v) is 50.1. The van der Waals surface area contributed by atoms with Crippen molar-refractivity contribution in [2.75, 3.05) is 13.2 Å².